The summed E-state index contributed by atoms with van der Waals surface area (Å²) in [4.78, 5) is 4.17. The number of hydrogen-bond donors (Lipinski definition) is 2. The fraction of sp³-hybridized carbons (Fsp3) is 0.235. The highest BCUT2D eigenvalue weighted by Gasteiger charge is 2.28. The van der Waals surface area contributed by atoms with Crippen LogP contribution in [0.1, 0.15) is 11.1 Å². The van der Waals surface area contributed by atoms with Crippen molar-refractivity contribution in [1.82, 2.24) is 0 Å². The number of rotatable bonds is 5. The average Bonchev–Trinajstić information content (AvgIpc) is 2.51. The molecule has 0 fully saturated rings. The molecule has 0 radical (unpaired) electrons. The lowest BCUT2D eigenvalue weighted by atomic mass is 10.2. The van der Waals surface area contributed by atoms with Gasteiger partial charge in [-0.05, 0) is 42.3 Å². The third-order valence-electron chi connectivity index (χ3n) is 3.02. The molecule has 0 saturated heterocycles. The van der Waals surface area contributed by atoms with Gasteiger partial charge in [-0.15, -0.1) is 0 Å². The number of alkyl halides is 3. The van der Waals surface area contributed by atoms with Crippen LogP contribution in [0.5, 0.6) is 5.75 Å². The Kier molecular flexibility index (Phi) is 5.68. The van der Waals surface area contributed by atoms with E-state index in [0.717, 1.165) is 11.3 Å². The summed E-state index contributed by atoms with van der Waals surface area (Å²) in [5, 5.41) is 2.96. The van der Waals surface area contributed by atoms with Gasteiger partial charge in [-0.25, -0.2) is 4.99 Å². The molecule has 0 amide bonds. The van der Waals surface area contributed by atoms with Crippen LogP contribution in [0.25, 0.3) is 0 Å². The number of ether oxygens (including phenoxy) is 1. The predicted molar refractivity (Wildman–Crippen MR) is 88.1 cm³/mol. The monoisotopic (exact) mass is 337 g/mol. The molecular formula is C17H18F3N3O. The topological polar surface area (TPSA) is 59.6 Å². The van der Waals surface area contributed by atoms with Crippen LogP contribution in [0, 0.1) is 6.92 Å². The van der Waals surface area contributed by atoms with E-state index in [0.29, 0.717) is 5.56 Å². The van der Waals surface area contributed by atoms with Crippen LogP contribution in [0.15, 0.2) is 53.5 Å². The number of nitrogens with zero attached hydrogens (tertiary/aromatic N) is 1. The fourth-order valence-corrected chi connectivity index (χ4v) is 1.99. The highest BCUT2D eigenvalue weighted by Crippen LogP contribution is 2.19. The smallest absolute Gasteiger partial charge is 0.422 e. The first kappa shape index (κ1) is 17.7. The van der Waals surface area contributed by atoms with Crippen LogP contribution in [-0.4, -0.2) is 18.7 Å². The van der Waals surface area contributed by atoms with E-state index in [1.807, 2.05) is 31.2 Å². The first-order valence-electron chi connectivity index (χ1n) is 7.24. The molecule has 0 bridgehead atoms. The maximum absolute atomic E-state index is 12.2. The van der Waals surface area contributed by atoms with E-state index in [2.05, 4.69) is 10.3 Å². The quantitative estimate of drug-likeness (QED) is 0.643. The SMILES string of the molecule is Cc1cccc(NC(N)=NCc2cccc(OCC(F)(F)F)c2)c1. The molecule has 0 aliphatic rings. The number of nitrogens with two attached hydrogens (primary N) is 1. The van der Waals surface area contributed by atoms with Crippen molar-refractivity contribution in [2.24, 2.45) is 10.7 Å². The minimum Gasteiger partial charge on any atom is -0.484 e. The van der Waals surface area contributed by atoms with E-state index in [1.165, 1.54) is 12.1 Å². The molecule has 0 aliphatic carbocycles. The zero-order valence-corrected chi connectivity index (χ0v) is 13.1. The Bertz CT molecular complexity index is 714. The highest BCUT2D eigenvalue weighted by molar-refractivity contribution is 5.92. The second-order valence-corrected chi connectivity index (χ2v) is 5.25. The molecule has 0 atom stereocenters. The first-order valence-corrected chi connectivity index (χ1v) is 7.24. The number of halogens is 3. The number of hydrogen-bond acceptors (Lipinski definition) is 2. The molecule has 4 nitrogen and oxygen atoms in total. The molecule has 2 aromatic rings. The summed E-state index contributed by atoms with van der Waals surface area (Å²) in [6.45, 7) is 0.871. The molecule has 24 heavy (non-hydrogen) atoms. The van der Waals surface area contributed by atoms with Gasteiger partial charge >= 0.3 is 6.18 Å². The number of nitrogens with one attached hydrogen (secondary N) is 1. The Hall–Kier alpha value is -2.70. The van der Waals surface area contributed by atoms with Crippen LogP contribution >= 0.6 is 0 Å². The van der Waals surface area contributed by atoms with Crippen LogP contribution in [0.2, 0.25) is 0 Å². The summed E-state index contributed by atoms with van der Waals surface area (Å²) >= 11 is 0. The molecule has 7 heteroatoms. The summed E-state index contributed by atoms with van der Waals surface area (Å²) in [5.41, 5.74) is 8.42. The predicted octanol–water partition coefficient (Wildman–Crippen LogP) is 3.86. The molecular weight excluding hydrogens is 319 g/mol. The molecule has 0 aliphatic heterocycles. The third-order valence-corrected chi connectivity index (χ3v) is 3.02. The van der Waals surface area contributed by atoms with Gasteiger partial charge in [0.15, 0.2) is 12.6 Å². The van der Waals surface area contributed by atoms with Gasteiger partial charge in [0, 0.05) is 5.69 Å². The Morgan fingerprint density at radius 3 is 2.62 bits per heavy atom. The maximum Gasteiger partial charge on any atom is 0.422 e. The van der Waals surface area contributed by atoms with Crippen LogP contribution in [0.3, 0.4) is 0 Å². The van der Waals surface area contributed by atoms with Crippen LogP contribution in [-0.2, 0) is 6.54 Å². The van der Waals surface area contributed by atoms with E-state index in [-0.39, 0.29) is 18.3 Å². The lowest BCUT2D eigenvalue weighted by Gasteiger charge is -2.10. The summed E-state index contributed by atoms with van der Waals surface area (Å²) in [6.07, 6.45) is -4.36. The normalized spacial score (nSPS) is 12.1. The van der Waals surface area contributed by atoms with E-state index < -0.39 is 12.8 Å². The van der Waals surface area contributed by atoms with E-state index in [4.69, 9.17) is 10.5 Å². The largest absolute Gasteiger partial charge is 0.484 e. The second-order valence-electron chi connectivity index (χ2n) is 5.25. The number of guanidine groups is 1. The van der Waals surface area contributed by atoms with Crippen molar-refractivity contribution >= 4 is 11.6 Å². The van der Waals surface area contributed by atoms with Gasteiger partial charge in [-0.1, -0.05) is 24.3 Å². The zero-order chi connectivity index (χ0) is 17.6. The molecule has 3 N–H and O–H groups in total. The molecule has 128 valence electrons. The lowest BCUT2D eigenvalue weighted by molar-refractivity contribution is -0.153. The van der Waals surface area contributed by atoms with E-state index in [1.54, 1.807) is 12.1 Å². The van der Waals surface area contributed by atoms with Gasteiger partial charge in [0.2, 0.25) is 0 Å². The Labute approximate surface area is 138 Å². The van der Waals surface area contributed by atoms with Crippen molar-refractivity contribution in [1.29, 1.82) is 0 Å². The first-order chi connectivity index (χ1) is 11.3. The molecule has 0 saturated carbocycles. The molecule has 0 aromatic heterocycles. The molecule has 0 unspecified atom stereocenters. The van der Waals surface area contributed by atoms with Gasteiger partial charge in [0.25, 0.3) is 0 Å². The van der Waals surface area contributed by atoms with Crippen LogP contribution < -0.4 is 15.8 Å². The summed E-state index contributed by atoms with van der Waals surface area (Å²) in [7, 11) is 0. The maximum atomic E-state index is 12.2. The third kappa shape index (κ3) is 6.20. The van der Waals surface area contributed by atoms with Crippen molar-refractivity contribution in [2.75, 3.05) is 11.9 Å². The summed E-state index contributed by atoms with van der Waals surface area (Å²) < 4.78 is 41.2. The standard InChI is InChI=1S/C17H18F3N3O/c1-12-4-2-6-14(8-12)23-16(21)22-10-13-5-3-7-15(9-13)24-11-17(18,19)20/h2-9H,10-11H2,1H3,(H3,21,22,23). The van der Waals surface area contributed by atoms with Gasteiger partial charge in [0.05, 0.1) is 6.54 Å². The minimum absolute atomic E-state index is 0.144. The van der Waals surface area contributed by atoms with Crippen molar-refractivity contribution in [3.8, 4) is 5.75 Å². The van der Waals surface area contributed by atoms with Gasteiger partial charge < -0.3 is 15.8 Å². The molecule has 0 spiro atoms. The van der Waals surface area contributed by atoms with E-state index >= 15 is 0 Å². The average molecular weight is 337 g/mol. The van der Waals surface area contributed by atoms with Gasteiger partial charge in [-0.2, -0.15) is 13.2 Å². The van der Waals surface area contributed by atoms with Gasteiger partial charge in [-0.3, -0.25) is 0 Å². The van der Waals surface area contributed by atoms with Crippen LogP contribution in [0.4, 0.5) is 18.9 Å². The summed E-state index contributed by atoms with van der Waals surface area (Å²) in [5.74, 6) is 0.368. The van der Waals surface area contributed by atoms with Crippen molar-refractivity contribution in [3.05, 3.63) is 59.7 Å². The minimum atomic E-state index is -4.36. The Morgan fingerprint density at radius 1 is 1.17 bits per heavy atom. The number of aliphatic imine (C=N–C) groups is 1. The zero-order valence-electron chi connectivity index (χ0n) is 13.1. The Balaban J connectivity index is 1.95. The molecule has 2 aromatic carbocycles. The van der Waals surface area contributed by atoms with Crippen molar-refractivity contribution < 1.29 is 17.9 Å². The second kappa shape index (κ2) is 7.72. The molecule has 0 heterocycles. The highest BCUT2D eigenvalue weighted by atomic mass is 19.4. The van der Waals surface area contributed by atoms with Gasteiger partial charge in [0.1, 0.15) is 5.75 Å². The van der Waals surface area contributed by atoms with E-state index in [9.17, 15) is 13.2 Å². The number of benzene rings is 2. The van der Waals surface area contributed by atoms with Crippen molar-refractivity contribution in [3.63, 3.8) is 0 Å². The number of anilines is 1. The summed E-state index contributed by atoms with van der Waals surface area (Å²) in [6, 6.07) is 14.0. The Morgan fingerprint density at radius 2 is 1.92 bits per heavy atom. The lowest BCUT2D eigenvalue weighted by Crippen LogP contribution is -2.22. The van der Waals surface area contributed by atoms with Crippen molar-refractivity contribution in [2.45, 2.75) is 19.6 Å². The molecule has 2 rings (SSSR count). The number of aryl methyl sites for hydroxylation is 1. The fourth-order valence-electron chi connectivity index (χ4n) is 1.99.